The molecule has 0 aliphatic carbocycles. The molecule has 1 fully saturated rings. The van der Waals surface area contributed by atoms with Gasteiger partial charge >= 0.3 is 0 Å². The molecule has 1 saturated heterocycles. The van der Waals surface area contributed by atoms with Crippen LogP contribution in [0, 0.1) is 13.8 Å². The molecule has 2 aromatic rings. The van der Waals surface area contributed by atoms with Crippen LogP contribution < -0.4 is 10.5 Å². The molecule has 134 valence electrons. The molecule has 1 aromatic heterocycles. The van der Waals surface area contributed by atoms with Gasteiger partial charge < -0.3 is 10.5 Å². The van der Waals surface area contributed by atoms with E-state index in [0.29, 0.717) is 11.8 Å². The maximum atomic E-state index is 10.9. The van der Waals surface area contributed by atoms with Crippen LogP contribution in [0.3, 0.4) is 0 Å². The molecule has 0 bridgehead atoms. The number of nitrogens with two attached hydrogens (primary N) is 1. The zero-order chi connectivity index (χ0) is 17.8. The Hall–Kier alpha value is -2.34. The molecule has 25 heavy (non-hydrogen) atoms. The summed E-state index contributed by atoms with van der Waals surface area (Å²) in [7, 11) is 0. The van der Waals surface area contributed by atoms with Gasteiger partial charge in [-0.3, -0.25) is 14.4 Å². The van der Waals surface area contributed by atoms with Crippen molar-refractivity contribution in [3.63, 3.8) is 0 Å². The average Bonchev–Trinajstić information content (AvgIpc) is 3.12. The van der Waals surface area contributed by atoms with E-state index >= 15 is 0 Å². The summed E-state index contributed by atoms with van der Waals surface area (Å²) in [4.78, 5) is 13.4. The van der Waals surface area contributed by atoms with Crippen molar-refractivity contribution in [3.05, 3.63) is 47.3 Å². The van der Waals surface area contributed by atoms with Crippen LogP contribution in [-0.4, -0.2) is 39.8 Å². The van der Waals surface area contributed by atoms with Gasteiger partial charge in [0.15, 0.2) is 6.61 Å². The number of hydrogen-bond donors (Lipinski definition) is 1. The molecule has 2 N–H and O–H groups in total. The fraction of sp³-hybridized carbons (Fsp3) is 0.474. The number of aryl methyl sites for hydroxylation is 2. The molecule has 0 radical (unpaired) electrons. The fourth-order valence-electron chi connectivity index (χ4n) is 3.49. The van der Waals surface area contributed by atoms with Gasteiger partial charge in [0.1, 0.15) is 5.75 Å². The Morgan fingerprint density at radius 2 is 2.20 bits per heavy atom. The summed E-state index contributed by atoms with van der Waals surface area (Å²) in [6, 6.07) is 10.5. The molecule has 0 saturated carbocycles. The molecule has 1 aliphatic rings. The first-order valence-electron chi connectivity index (χ1n) is 8.76. The highest BCUT2D eigenvalue weighted by Crippen LogP contribution is 2.23. The summed E-state index contributed by atoms with van der Waals surface area (Å²) in [5.74, 6) is 0.223. The molecular formula is C19H26N4O2. The van der Waals surface area contributed by atoms with Crippen molar-refractivity contribution in [1.29, 1.82) is 0 Å². The number of aromatic nitrogens is 2. The topological polar surface area (TPSA) is 73.4 Å². The minimum atomic E-state index is -0.463. The van der Waals surface area contributed by atoms with Crippen LogP contribution in [0.5, 0.6) is 5.75 Å². The number of carbonyl (C=O) groups excluding carboxylic acids is 1. The second kappa shape index (κ2) is 7.70. The van der Waals surface area contributed by atoms with Crippen molar-refractivity contribution in [2.24, 2.45) is 5.73 Å². The van der Waals surface area contributed by atoms with Crippen molar-refractivity contribution in [3.8, 4) is 5.75 Å². The van der Waals surface area contributed by atoms with E-state index in [-0.39, 0.29) is 6.61 Å². The molecule has 6 heteroatoms. The number of benzene rings is 1. The molecule has 0 unspecified atom stereocenters. The average molecular weight is 342 g/mol. The third kappa shape index (κ3) is 4.60. The molecule has 1 aromatic carbocycles. The van der Waals surface area contributed by atoms with Crippen LogP contribution >= 0.6 is 0 Å². The molecule has 0 spiro atoms. The molecule has 1 atom stereocenters. The maximum Gasteiger partial charge on any atom is 0.255 e. The van der Waals surface area contributed by atoms with Crippen molar-refractivity contribution in [2.75, 3.05) is 13.2 Å². The van der Waals surface area contributed by atoms with E-state index in [1.165, 1.54) is 24.1 Å². The Morgan fingerprint density at radius 1 is 1.36 bits per heavy atom. The first-order valence-corrected chi connectivity index (χ1v) is 8.76. The van der Waals surface area contributed by atoms with E-state index in [4.69, 9.17) is 10.5 Å². The number of rotatable bonds is 7. The van der Waals surface area contributed by atoms with Crippen LogP contribution in [0.2, 0.25) is 0 Å². The highest BCUT2D eigenvalue weighted by Gasteiger charge is 2.25. The highest BCUT2D eigenvalue weighted by atomic mass is 16.5. The summed E-state index contributed by atoms with van der Waals surface area (Å²) in [6.07, 6.45) is 2.40. The Kier molecular flexibility index (Phi) is 5.38. The van der Waals surface area contributed by atoms with Gasteiger partial charge in [-0.1, -0.05) is 12.1 Å². The summed E-state index contributed by atoms with van der Waals surface area (Å²) < 4.78 is 7.52. The van der Waals surface area contributed by atoms with Gasteiger partial charge in [-0.05, 0) is 57.0 Å². The van der Waals surface area contributed by atoms with Crippen molar-refractivity contribution in [1.82, 2.24) is 14.7 Å². The first kappa shape index (κ1) is 17.5. The number of primary amides is 1. The minimum absolute atomic E-state index is 0.0896. The second-order valence-electron chi connectivity index (χ2n) is 6.78. The number of likely N-dealkylation sites (tertiary alicyclic amines) is 1. The van der Waals surface area contributed by atoms with Crippen LogP contribution in [0.25, 0.3) is 0 Å². The van der Waals surface area contributed by atoms with E-state index in [0.717, 1.165) is 25.3 Å². The molecular weight excluding hydrogens is 316 g/mol. The lowest BCUT2D eigenvalue weighted by atomic mass is 10.1. The molecule has 1 aliphatic heterocycles. The van der Waals surface area contributed by atoms with Crippen LogP contribution in [-0.2, 0) is 17.9 Å². The standard InChI is InChI=1S/C19H26N4O2/c1-14-9-15(2)23(21-14)12-17-6-4-8-22(17)11-16-5-3-7-18(10-16)25-13-19(20)24/h3,5,7,9-10,17H,4,6,8,11-13H2,1-2H3,(H2,20,24)/t17-/m1/s1. The predicted molar refractivity (Wildman–Crippen MR) is 96.3 cm³/mol. The van der Waals surface area contributed by atoms with Crippen LogP contribution in [0.1, 0.15) is 29.8 Å². The minimum Gasteiger partial charge on any atom is -0.484 e. The van der Waals surface area contributed by atoms with Gasteiger partial charge in [-0.25, -0.2) is 0 Å². The molecule has 3 rings (SSSR count). The lowest BCUT2D eigenvalue weighted by molar-refractivity contribution is -0.119. The quantitative estimate of drug-likeness (QED) is 0.835. The summed E-state index contributed by atoms with van der Waals surface area (Å²) in [5, 5.41) is 4.60. The van der Waals surface area contributed by atoms with Crippen LogP contribution in [0.4, 0.5) is 0 Å². The lowest BCUT2D eigenvalue weighted by Crippen LogP contribution is -2.33. The monoisotopic (exact) mass is 342 g/mol. The van der Waals surface area contributed by atoms with Gasteiger partial charge in [0.25, 0.3) is 5.91 Å². The van der Waals surface area contributed by atoms with Gasteiger partial charge in [-0.15, -0.1) is 0 Å². The van der Waals surface area contributed by atoms with E-state index in [1.54, 1.807) is 0 Å². The van der Waals surface area contributed by atoms with Gasteiger partial charge in [0, 0.05) is 18.3 Å². The van der Waals surface area contributed by atoms with Crippen molar-refractivity contribution in [2.45, 2.75) is 45.8 Å². The number of hydrogen-bond acceptors (Lipinski definition) is 4. The summed E-state index contributed by atoms with van der Waals surface area (Å²) in [6.45, 7) is 6.95. The van der Waals surface area contributed by atoms with E-state index in [2.05, 4.69) is 33.7 Å². The zero-order valence-corrected chi connectivity index (χ0v) is 14.9. The molecule has 2 heterocycles. The highest BCUT2D eigenvalue weighted by molar-refractivity contribution is 5.75. The van der Waals surface area contributed by atoms with E-state index in [1.807, 2.05) is 25.1 Å². The Balaban J connectivity index is 1.64. The lowest BCUT2D eigenvalue weighted by Gasteiger charge is -2.25. The third-order valence-corrected chi connectivity index (χ3v) is 4.65. The van der Waals surface area contributed by atoms with E-state index < -0.39 is 5.91 Å². The third-order valence-electron chi connectivity index (χ3n) is 4.65. The normalized spacial score (nSPS) is 17.8. The largest absolute Gasteiger partial charge is 0.484 e. The van der Waals surface area contributed by atoms with Gasteiger partial charge in [0.05, 0.1) is 12.2 Å². The second-order valence-corrected chi connectivity index (χ2v) is 6.78. The Bertz CT molecular complexity index is 741. The van der Waals surface area contributed by atoms with Crippen molar-refractivity contribution < 1.29 is 9.53 Å². The molecule has 1 amide bonds. The number of carbonyl (C=O) groups is 1. The number of ether oxygens (including phenoxy) is 1. The van der Waals surface area contributed by atoms with Crippen molar-refractivity contribution >= 4 is 5.91 Å². The smallest absolute Gasteiger partial charge is 0.255 e. The number of nitrogens with zero attached hydrogens (tertiary/aromatic N) is 3. The zero-order valence-electron chi connectivity index (χ0n) is 14.9. The SMILES string of the molecule is Cc1cc(C)n(C[C@H]2CCCN2Cc2cccc(OCC(N)=O)c2)n1. The predicted octanol–water partition coefficient (Wildman–Crippen LogP) is 2.03. The summed E-state index contributed by atoms with van der Waals surface area (Å²) in [5.41, 5.74) is 8.60. The Labute approximate surface area is 148 Å². The number of amides is 1. The fourth-order valence-corrected chi connectivity index (χ4v) is 3.49. The van der Waals surface area contributed by atoms with Gasteiger partial charge in [0.2, 0.25) is 0 Å². The maximum absolute atomic E-state index is 10.9. The summed E-state index contributed by atoms with van der Waals surface area (Å²) >= 11 is 0. The van der Waals surface area contributed by atoms with Crippen LogP contribution in [0.15, 0.2) is 30.3 Å². The first-order chi connectivity index (χ1) is 12.0. The van der Waals surface area contributed by atoms with E-state index in [9.17, 15) is 4.79 Å². The molecule has 6 nitrogen and oxygen atoms in total. The Morgan fingerprint density at radius 3 is 2.92 bits per heavy atom. The van der Waals surface area contributed by atoms with Gasteiger partial charge in [-0.2, -0.15) is 5.10 Å².